The van der Waals surface area contributed by atoms with Crippen molar-refractivity contribution in [2.24, 2.45) is 5.92 Å². The molecule has 1 unspecified atom stereocenters. The number of carbonyl (C=O) groups excluding carboxylic acids is 1. The first-order valence-electron chi connectivity index (χ1n) is 7.41. The molecule has 0 aliphatic heterocycles. The molecule has 0 spiro atoms. The fraction of sp³-hybridized carbons (Fsp3) is 0.933. The minimum absolute atomic E-state index is 0. The Morgan fingerprint density at radius 1 is 0.889 bits per heavy atom. The minimum atomic E-state index is 0. The molecule has 0 aromatic carbocycles. The molecule has 0 saturated heterocycles. The third kappa shape index (κ3) is 15.1. The van der Waals surface area contributed by atoms with Crippen molar-refractivity contribution < 1.29 is 4.79 Å². The van der Waals surface area contributed by atoms with E-state index >= 15 is 0 Å². The van der Waals surface area contributed by atoms with Crippen molar-refractivity contribution in [1.29, 1.82) is 0 Å². The summed E-state index contributed by atoms with van der Waals surface area (Å²) in [6, 6.07) is 0. The molecule has 0 aromatic rings. The first-order chi connectivity index (χ1) is 8.18. The van der Waals surface area contributed by atoms with Gasteiger partial charge >= 0.3 is 0 Å². The predicted octanol–water partition coefficient (Wildman–Crippen LogP) is 5.01. The van der Waals surface area contributed by atoms with E-state index < -0.39 is 0 Å². The fourth-order valence-electron chi connectivity index (χ4n) is 2.06. The maximum absolute atomic E-state index is 10.9. The van der Waals surface area contributed by atoms with Crippen molar-refractivity contribution in [3.63, 3.8) is 0 Å². The number of carbonyl (C=O) groups is 1. The molecule has 1 radical (unpaired) electrons. The van der Waals surface area contributed by atoms with Gasteiger partial charge in [0.15, 0.2) is 5.12 Å². The van der Waals surface area contributed by atoms with E-state index in [0.717, 1.165) is 6.42 Å². The molecule has 0 fully saturated rings. The van der Waals surface area contributed by atoms with Gasteiger partial charge in [0.1, 0.15) is 0 Å². The maximum atomic E-state index is 10.9. The fourth-order valence-corrected chi connectivity index (χ4v) is 2.19. The van der Waals surface area contributed by atoms with Crippen LogP contribution in [0.4, 0.5) is 0 Å². The second kappa shape index (κ2) is 16.1. The first-order valence-corrected chi connectivity index (χ1v) is 7.86. The average molecular weight is 281 g/mol. The van der Waals surface area contributed by atoms with E-state index in [1.165, 1.54) is 64.2 Å². The van der Waals surface area contributed by atoms with Gasteiger partial charge in [0, 0.05) is 35.5 Å². The summed E-state index contributed by atoms with van der Waals surface area (Å²) in [6.45, 7) is 4.24. The van der Waals surface area contributed by atoms with E-state index in [1.807, 2.05) is 6.92 Å². The van der Waals surface area contributed by atoms with Gasteiger partial charge in [0.2, 0.25) is 0 Å². The zero-order chi connectivity index (χ0) is 12.9. The topological polar surface area (TPSA) is 17.1 Å². The van der Waals surface area contributed by atoms with Crippen molar-refractivity contribution >= 4 is 47.3 Å². The third-order valence-electron chi connectivity index (χ3n) is 3.41. The van der Waals surface area contributed by atoms with Crippen LogP contribution in [-0.4, -0.2) is 34.7 Å². The van der Waals surface area contributed by atoms with Gasteiger partial charge in [-0.15, -0.1) is 12.6 Å². The van der Waals surface area contributed by atoms with Gasteiger partial charge in [-0.2, -0.15) is 0 Å². The van der Waals surface area contributed by atoms with E-state index in [4.69, 9.17) is 0 Å². The van der Waals surface area contributed by atoms with E-state index in [1.54, 1.807) is 0 Å². The Kier molecular flexibility index (Phi) is 19.0. The van der Waals surface area contributed by atoms with Crippen molar-refractivity contribution in [2.75, 3.05) is 0 Å². The van der Waals surface area contributed by atoms with Crippen molar-refractivity contribution in [2.45, 2.75) is 84.5 Å². The number of thiol groups is 1. The molecule has 0 heterocycles. The summed E-state index contributed by atoms with van der Waals surface area (Å²) in [5.41, 5.74) is 0. The maximum Gasteiger partial charge on any atom is 0.188 e. The van der Waals surface area contributed by atoms with Gasteiger partial charge in [-0.25, -0.2) is 0 Å². The Balaban J connectivity index is 0. The molecule has 1 nitrogen and oxygen atoms in total. The average Bonchev–Trinajstić information content (AvgIpc) is 2.31. The van der Waals surface area contributed by atoms with Crippen LogP contribution in [0.2, 0.25) is 0 Å². The van der Waals surface area contributed by atoms with Crippen LogP contribution in [0.5, 0.6) is 0 Å². The second-order valence-corrected chi connectivity index (χ2v) is 5.65. The van der Waals surface area contributed by atoms with Crippen LogP contribution in [0.1, 0.15) is 84.5 Å². The van der Waals surface area contributed by atoms with Crippen LogP contribution in [0.15, 0.2) is 0 Å². The Bertz CT molecular complexity index is 185. The summed E-state index contributed by atoms with van der Waals surface area (Å²) < 4.78 is 0. The molecule has 103 valence electrons. The standard InChI is InChI=1S/C15H30OS.Na/c1-3-4-5-6-7-8-9-10-11-12-13-14(2)15(16)17;/h14H,3-13H2,1-2H3,(H,16,17);. The molecule has 0 N–H and O–H groups in total. The molecule has 0 bridgehead atoms. The summed E-state index contributed by atoms with van der Waals surface area (Å²) in [5.74, 6) is 0.146. The van der Waals surface area contributed by atoms with E-state index in [9.17, 15) is 4.79 Å². The Labute approximate surface area is 142 Å². The van der Waals surface area contributed by atoms with Crippen LogP contribution in [0.3, 0.4) is 0 Å². The minimum Gasteiger partial charge on any atom is -0.287 e. The summed E-state index contributed by atoms with van der Waals surface area (Å²) in [5, 5.41) is 0.0425. The SMILES string of the molecule is CCCCCCCCCCCCC(C)C(=O)S.[Na]. The second-order valence-electron chi connectivity index (χ2n) is 5.21. The van der Waals surface area contributed by atoms with Gasteiger partial charge < -0.3 is 0 Å². The molecule has 0 aromatic heterocycles. The quantitative estimate of drug-likeness (QED) is 0.302. The Morgan fingerprint density at radius 2 is 1.28 bits per heavy atom. The summed E-state index contributed by atoms with van der Waals surface area (Å²) in [7, 11) is 0. The summed E-state index contributed by atoms with van der Waals surface area (Å²) in [4.78, 5) is 10.9. The van der Waals surface area contributed by atoms with Crippen molar-refractivity contribution in [1.82, 2.24) is 0 Å². The predicted molar refractivity (Wildman–Crippen MR) is 85.4 cm³/mol. The van der Waals surface area contributed by atoms with Crippen molar-refractivity contribution in [3.8, 4) is 0 Å². The Morgan fingerprint density at radius 3 is 1.67 bits per heavy atom. The molecule has 0 saturated carbocycles. The molecular weight excluding hydrogens is 251 g/mol. The van der Waals surface area contributed by atoms with E-state index in [-0.39, 0.29) is 40.6 Å². The zero-order valence-corrected chi connectivity index (χ0v) is 15.6. The van der Waals surface area contributed by atoms with Crippen LogP contribution in [0.25, 0.3) is 0 Å². The van der Waals surface area contributed by atoms with Gasteiger partial charge in [-0.1, -0.05) is 78.1 Å². The molecule has 3 heteroatoms. The van der Waals surface area contributed by atoms with Crippen LogP contribution in [0, 0.1) is 5.92 Å². The van der Waals surface area contributed by atoms with Gasteiger partial charge in [-0.3, -0.25) is 4.79 Å². The van der Waals surface area contributed by atoms with E-state index in [2.05, 4.69) is 19.6 Å². The number of rotatable bonds is 12. The largest absolute Gasteiger partial charge is 0.287 e. The Hall–Kier alpha value is 1.02. The first kappa shape index (κ1) is 21.3. The van der Waals surface area contributed by atoms with Crippen LogP contribution < -0.4 is 0 Å². The summed E-state index contributed by atoms with van der Waals surface area (Å²) in [6.07, 6.45) is 14.5. The smallest absolute Gasteiger partial charge is 0.188 e. The van der Waals surface area contributed by atoms with Crippen LogP contribution in [-0.2, 0) is 4.79 Å². The molecule has 18 heavy (non-hydrogen) atoms. The molecule has 0 aliphatic rings. The van der Waals surface area contributed by atoms with Crippen LogP contribution >= 0.6 is 12.6 Å². The molecule has 0 aliphatic carbocycles. The molecule has 1 atom stereocenters. The van der Waals surface area contributed by atoms with Crippen molar-refractivity contribution in [3.05, 3.63) is 0 Å². The zero-order valence-electron chi connectivity index (χ0n) is 12.7. The molecule has 0 rings (SSSR count). The van der Waals surface area contributed by atoms with Gasteiger partial charge in [-0.05, 0) is 6.42 Å². The summed E-state index contributed by atoms with van der Waals surface area (Å²) >= 11 is 3.85. The molecule has 0 amide bonds. The third-order valence-corrected chi connectivity index (χ3v) is 3.85. The monoisotopic (exact) mass is 281 g/mol. The molecular formula is C15H30NaOS. The van der Waals surface area contributed by atoms with Gasteiger partial charge in [0.25, 0.3) is 0 Å². The van der Waals surface area contributed by atoms with E-state index in [0.29, 0.717) is 0 Å². The number of hydrogen-bond donors (Lipinski definition) is 1. The normalized spacial score (nSPS) is 11.9. The number of unbranched alkanes of at least 4 members (excludes halogenated alkanes) is 9. The van der Waals surface area contributed by atoms with Gasteiger partial charge in [0.05, 0.1) is 0 Å². The number of hydrogen-bond acceptors (Lipinski definition) is 1.